The lowest BCUT2D eigenvalue weighted by Gasteiger charge is -2.39. The molecule has 7 heteroatoms. The van der Waals surface area contributed by atoms with Gasteiger partial charge >= 0.3 is 6.03 Å². The molecule has 3 rings (SSSR count). The second-order valence-electron chi connectivity index (χ2n) is 6.82. The monoisotopic (exact) mass is 344 g/mol. The van der Waals surface area contributed by atoms with Gasteiger partial charge in [-0.1, -0.05) is 0 Å². The topological polar surface area (TPSA) is 55.9 Å². The van der Waals surface area contributed by atoms with E-state index in [2.05, 4.69) is 12.2 Å². The molecule has 0 bridgehead atoms. The molecule has 132 valence electrons. The number of hydrogen-bond acceptors (Lipinski definition) is 3. The lowest BCUT2D eigenvalue weighted by Crippen LogP contribution is -2.55. The third-order valence-electron chi connectivity index (χ3n) is 5.28. The third-order valence-corrected chi connectivity index (χ3v) is 5.28. The highest BCUT2D eigenvalue weighted by Crippen LogP contribution is 2.23. The Bertz CT molecular complexity index is 420. The van der Waals surface area contributed by atoms with Crippen molar-refractivity contribution in [2.45, 2.75) is 38.6 Å². The number of likely N-dealkylation sites (tertiary alicyclic amines) is 2. The van der Waals surface area contributed by atoms with E-state index in [-0.39, 0.29) is 30.4 Å². The molecule has 0 aromatic rings. The highest BCUT2D eigenvalue weighted by atomic mass is 35.5. The van der Waals surface area contributed by atoms with Crippen molar-refractivity contribution in [3.8, 4) is 0 Å². The number of carbonyl (C=O) groups is 2. The van der Waals surface area contributed by atoms with Crippen LogP contribution in [0.4, 0.5) is 4.79 Å². The van der Waals surface area contributed by atoms with Gasteiger partial charge in [-0.3, -0.25) is 4.79 Å². The van der Waals surface area contributed by atoms with Gasteiger partial charge in [-0.15, -0.1) is 12.4 Å². The maximum absolute atomic E-state index is 12.7. The minimum absolute atomic E-state index is 0. The molecule has 0 saturated carbocycles. The van der Waals surface area contributed by atoms with Crippen LogP contribution in [0.1, 0.15) is 32.6 Å². The number of rotatable bonds is 1. The van der Waals surface area contributed by atoms with Crippen LogP contribution < -0.4 is 5.32 Å². The molecule has 6 nitrogen and oxygen atoms in total. The van der Waals surface area contributed by atoms with Gasteiger partial charge in [0.2, 0.25) is 5.91 Å². The quantitative estimate of drug-likeness (QED) is 0.776. The Morgan fingerprint density at radius 3 is 2.17 bits per heavy atom. The molecule has 3 aliphatic heterocycles. The summed E-state index contributed by atoms with van der Waals surface area (Å²) >= 11 is 0. The van der Waals surface area contributed by atoms with Crippen molar-refractivity contribution in [3.05, 3.63) is 0 Å². The first-order chi connectivity index (χ1) is 10.7. The van der Waals surface area contributed by atoms with E-state index in [1.54, 1.807) is 0 Å². The van der Waals surface area contributed by atoms with Crippen molar-refractivity contribution in [2.24, 2.45) is 5.92 Å². The molecule has 0 radical (unpaired) electrons. The molecule has 3 heterocycles. The van der Waals surface area contributed by atoms with E-state index in [0.29, 0.717) is 5.91 Å². The van der Waals surface area contributed by atoms with E-state index in [1.807, 2.05) is 14.7 Å². The predicted molar refractivity (Wildman–Crippen MR) is 91.8 cm³/mol. The number of nitrogens with zero attached hydrogens (tertiary/aromatic N) is 3. The van der Waals surface area contributed by atoms with Gasteiger partial charge in [-0.05, 0) is 32.6 Å². The number of carbonyl (C=O) groups excluding carboxylic acids is 2. The number of piperidine rings is 1. The van der Waals surface area contributed by atoms with Gasteiger partial charge in [-0.25, -0.2) is 4.79 Å². The van der Waals surface area contributed by atoms with Crippen LogP contribution in [0.3, 0.4) is 0 Å². The molecule has 0 aromatic heterocycles. The Morgan fingerprint density at radius 1 is 0.957 bits per heavy atom. The zero-order valence-corrected chi connectivity index (χ0v) is 14.8. The summed E-state index contributed by atoms with van der Waals surface area (Å²) in [7, 11) is 0. The van der Waals surface area contributed by atoms with Crippen LogP contribution in [-0.4, -0.2) is 78.5 Å². The Morgan fingerprint density at radius 2 is 1.57 bits per heavy atom. The van der Waals surface area contributed by atoms with E-state index < -0.39 is 0 Å². The standard InChI is InChI=1S/C16H28N4O2.ClH/c1-13-12-17-6-11-20(13)15(21)14-4-9-19(10-5-14)16(22)18-7-2-3-8-18;/h13-14,17H,2-12H2,1H3;1H. The van der Waals surface area contributed by atoms with Gasteiger partial charge in [0.1, 0.15) is 0 Å². The number of piperazine rings is 1. The Hall–Kier alpha value is -1.01. The van der Waals surface area contributed by atoms with Gasteiger partial charge in [-0.2, -0.15) is 0 Å². The fourth-order valence-electron chi connectivity index (χ4n) is 3.83. The van der Waals surface area contributed by atoms with Crippen LogP contribution in [0.15, 0.2) is 0 Å². The van der Waals surface area contributed by atoms with Crippen molar-refractivity contribution >= 4 is 24.3 Å². The first kappa shape index (κ1) is 18.3. The minimum atomic E-state index is 0. The average molecular weight is 345 g/mol. The molecular weight excluding hydrogens is 316 g/mol. The zero-order valence-electron chi connectivity index (χ0n) is 14.0. The fourth-order valence-corrected chi connectivity index (χ4v) is 3.83. The molecule has 3 fully saturated rings. The molecule has 3 saturated heterocycles. The van der Waals surface area contributed by atoms with Gasteiger partial charge in [0.05, 0.1) is 0 Å². The van der Waals surface area contributed by atoms with Crippen LogP contribution in [0.5, 0.6) is 0 Å². The number of hydrogen-bond donors (Lipinski definition) is 1. The number of halogens is 1. The van der Waals surface area contributed by atoms with Crippen molar-refractivity contribution in [2.75, 3.05) is 45.8 Å². The van der Waals surface area contributed by atoms with Gasteiger partial charge in [0.25, 0.3) is 0 Å². The lowest BCUT2D eigenvalue weighted by molar-refractivity contribution is -0.139. The van der Waals surface area contributed by atoms with Crippen LogP contribution in [0.25, 0.3) is 0 Å². The van der Waals surface area contributed by atoms with Crippen LogP contribution >= 0.6 is 12.4 Å². The van der Waals surface area contributed by atoms with E-state index in [1.165, 1.54) is 0 Å². The molecule has 0 aliphatic carbocycles. The zero-order chi connectivity index (χ0) is 15.5. The molecule has 1 N–H and O–H groups in total. The molecule has 3 aliphatic rings. The summed E-state index contributed by atoms with van der Waals surface area (Å²) in [5, 5.41) is 3.32. The number of amides is 3. The number of nitrogens with one attached hydrogen (secondary N) is 1. The second kappa shape index (κ2) is 8.20. The molecule has 1 unspecified atom stereocenters. The molecule has 1 atom stereocenters. The third kappa shape index (κ3) is 4.10. The minimum Gasteiger partial charge on any atom is -0.337 e. The van der Waals surface area contributed by atoms with Crippen molar-refractivity contribution in [1.29, 1.82) is 0 Å². The molecular formula is C16H29ClN4O2. The predicted octanol–water partition coefficient (Wildman–Crippen LogP) is 1.16. The van der Waals surface area contributed by atoms with Crippen LogP contribution in [-0.2, 0) is 4.79 Å². The maximum Gasteiger partial charge on any atom is 0.319 e. The summed E-state index contributed by atoms with van der Waals surface area (Å²) < 4.78 is 0. The highest BCUT2D eigenvalue weighted by molar-refractivity contribution is 5.85. The van der Waals surface area contributed by atoms with Crippen molar-refractivity contribution in [1.82, 2.24) is 20.0 Å². The first-order valence-corrected chi connectivity index (χ1v) is 8.72. The van der Waals surface area contributed by atoms with Gasteiger partial charge in [0.15, 0.2) is 0 Å². The molecule has 0 spiro atoms. The molecule has 0 aromatic carbocycles. The Labute approximate surface area is 145 Å². The fraction of sp³-hybridized carbons (Fsp3) is 0.875. The number of urea groups is 1. The van der Waals surface area contributed by atoms with E-state index in [4.69, 9.17) is 0 Å². The smallest absolute Gasteiger partial charge is 0.319 e. The maximum atomic E-state index is 12.7. The first-order valence-electron chi connectivity index (χ1n) is 8.72. The SMILES string of the molecule is CC1CNCCN1C(=O)C1CCN(C(=O)N2CCCC2)CC1.Cl. The van der Waals surface area contributed by atoms with E-state index in [0.717, 1.165) is 71.5 Å². The summed E-state index contributed by atoms with van der Waals surface area (Å²) in [6.45, 7) is 7.95. The van der Waals surface area contributed by atoms with Crippen molar-refractivity contribution < 1.29 is 9.59 Å². The second-order valence-corrected chi connectivity index (χ2v) is 6.82. The normalized spacial score (nSPS) is 26.1. The summed E-state index contributed by atoms with van der Waals surface area (Å²) in [6, 6.07) is 0.462. The lowest BCUT2D eigenvalue weighted by atomic mass is 9.94. The largest absolute Gasteiger partial charge is 0.337 e. The summed E-state index contributed by atoms with van der Waals surface area (Å²) in [5.41, 5.74) is 0. The Balaban J connectivity index is 0.00000192. The summed E-state index contributed by atoms with van der Waals surface area (Å²) in [4.78, 5) is 31.0. The molecule has 23 heavy (non-hydrogen) atoms. The van der Waals surface area contributed by atoms with Gasteiger partial charge < -0.3 is 20.0 Å². The Kier molecular flexibility index (Phi) is 6.53. The average Bonchev–Trinajstić information content (AvgIpc) is 3.09. The van der Waals surface area contributed by atoms with Crippen molar-refractivity contribution in [3.63, 3.8) is 0 Å². The summed E-state index contributed by atoms with van der Waals surface area (Å²) in [6.07, 6.45) is 3.88. The van der Waals surface area contributed by atoms with Crippen LogP contribution in [0, 0.1) is 5.92 Å². The molecule has 3 amide bonds. The van der Waals surface area contributed by atoms with E-state index in [9.17, 15) is 9.59 Å². The summed E-state index contributed by atoms with van der Waals surface area (Å²) in [5.74, 6) is 0.394. The van der Waals surface area contributed by atoms with Crippen LogP contribution in [0.2, 0.25) is 0 Å². The van der Waals surface area contributed by atoms with Gasteiger partial charge in [0, 0.05) is 57.8 Å². The highest BCUT2D eigenvalue weighted by Gasteiger charge is 2.34. The van der Waals surface area contributed by atoms with E-state index >= 15 is 0 Å².